The highest BCUT2D eigenvalue weighted by Gasteiger charge is 2.29. The molecule has 7 nitrogen and oxygen atoms in total. The van der Waals surface area contributed by atoms with Crippen LogP contribution >= 0.6 is 0 Å². The molecule has 2 fully saturated rings. The van der Waals surface area contributed by atoms with Crippen LogP contribution in [0.25, 0.3) is 0 Å². The molecule has 3 heterocycles. The Kier molecular flexibility index (Phi) is 5.07. The quantitative estimate of drug-likeness (QED) is 0.764. The molecule has 0 saturated carbocycles. The van der Waals surface area contributed by atoms with Crippen LogP contribution in [0.4, 0.5) is 0 Å². The van der Waals surface area contributed by atoms with Crippen molar-refractivity contribution in [1.82, 2.24) is 19.6 Å². The Morgan fingerprint density at radius 3 is 2.74 bits per heavy atom. The predicted octanol–water partition coefficient (Wildman–Crippen LogP) is -0.268. The average Bonchev–Trinajstić information content (AvgIpc) is 3.10. The minimum atomic E-state index is -0.0642. The molecule has 1 atom stereocenters. The van der Waals surface area contributed by atoms with Gasteiger partial charge in [0, 0.05) is 45.4 Å². The molecule has 0 N–H and O–H groups in total. The molecule has 2 aliphatic heterocycles. The van der Waals surface area contributed by atoms with E-state index in [4.69, 9.17) is 4.74 Å². The first kappa shape index (κ1) is 16.1. The van der Waals surface area contributed by atoms with Gasteiger partial charge < -0.3 is 9.64 Å². The molecule has 0 spiro atoms. The molecule has 0 aliphatic carbocycles. The molecule has 2 saturated heterocycles. The number of rotatable bonds is 4. The van der Waals surface area contributed by atoms with Crippen molar-refractivity contribution in [2.45, 2.75) is 19.9 Å². The van der Waals surface area contributed by atoms with Gasteiger partial charge in [0.1, 0.15) is 0 Å². The van der Waals surface area contributed by atoms with E-state index in [1.807, 2.05) is 11.8 Å². The van der Waals surface area contributed by atoms with E-state index in [0.29, 0.717) is 19.8 Å². The summed E-state index contributed by atoms with van der Waals surface area (Å²) in [5, 5.41) is 4.25. The molecule has 1 aromatic heterocycles. The number of amides is 1. The molecule has 0 radical (unpaired) electrons. The maximum atomic E-state index is 12.3. The first-order valence-corrected chi connectivity index (χ1v) is 8.27. The number of hydrogen-bond acceptors (Lipinski definition) is 5. The third-order valence-corrected chi connectivity index (χ3v) is 4.59. The third kappa shape index (κ3) is 3.97. The van der Waals surface area contributed by atoms with E-state index in [2.05, 4.69) is 10.00 Å². The molecule has 2 aliphatic rings. The van der Waals surface area contributed by atoms with Gasteiger partial charge in [-0.3, -0.25) is 14.5 Å². The van der Waals surface area contributed by atoms with Gasteiger partial charge in [0.05, 0.1) is 24.8 Å². The van der Waals surface area contributed by atoms with Gasteiger partial charge in [-0.15, -0.1) is 0 Å². The van der Waals surface area contributed by atoms with Crippen LogP contribution in [0.2, 0.25) is 0 Å². The van der Waals surface area contributed by atoms with Crippen molar-refractivity contribution in [2.75, 3.05) is 45.9 Å². The standard InChI is InChI=1S/C16H24N4O3/c1-13-2-3-15(21)20(17-13)10-7-18-5-8-19(9-6-18)16(22)14-4-11-23-12-14/h2-3,14H,4-12H2,1H3. The van der Waals surface area contributed by atoms with Crippen molar-refractivity contribution in [1.29, 1.82) is 0 Å². The smallest absolute Gasteiger partial charge is 0.266 e. The minimum Gasteiger partial charge on any atom is -0.381 e. The van der Waals surface area contributed by atoms with E-state index >= 15 is 0 Å². The van der Waals surface area contributed by atoms with E-state index < -0.39 is 0 Å². The minimum absolute atomic E-state index is 0.0524. The number of hydrogen-bond donors (Lipinski definition) is 0. The number of aryl methyl sites for hydroxylation is 1. The van der Waals surface area contributed by atoms with E-state index in [0.717, 1.165) is 44.8 Å². The number of aromatic nitrogens is 2. The lowest BCUT2D eigenvalue weighted by molar-refractivity contribution is -0.137. The van der Waals surface area contributed by atoms with Gasteiger partial charge in [-0.25, -0.2) is 4.68 Å². The molecule has 1 aromatic rings. The van der Waals surface area contributed by atoms with Crippen LogP contribution in [0.1, 0.15) is 12.1 Å². The number of nitrogens with zero attached hydrogens (tertiary/aromatic N) is 4. The molecule has 3 rings (SSSR count). The zero-order valence-electron chi connectivity index (χ0n) is 13.6. The van der Waals surface area contributed by atoms with Crippen molar-refractivity contribution in [2.24, 2.45) is 5.92 Å². The molecular formula is C16H24N4O3. The van der Waals surface area contributed by atoms with E-state index in [9.17, 15) is 9.59 Å². The Labute approximate surface area is 135 Å². The Balaban J connectivity index is 1.46. The van der Waals surface area contributed by atoms with Gasteiger partial charge in [-0.1, -0.05) is 0 Å². The Bertz CT molecular complexity index is 602. The van der Waals surface area contributed by atoms with Crippen LogP contribution in [0.15, 0.2) is 16.9 Å². The Morgan fingerprint density at radius 2 is 2.04 bits per heavy atom. The average molecular weight is 320 g/mol. The Morgan fingerprint density at radius 1 is 1.26 bits per heavy atom. The van der Waals surface area contributed by atoms with Crippen molar-refractivity contribution in [3.8, 4) is 0 Å². The zero-order chi connectivity index (χ0) is 16.2. The van der Waals surface area contributed by atoms with Crippen LogP contribution in [0, 0.1) is 12.8 Å². The summed E-state index contributed by atoms with van der Waals surface area (Å²) in [6.45, 7) is 7.73. The summed E-state index contributed by atoms with van der Waals surface area (Å²) in [5.41, 5.74) is 0.782. The fourth-order valence-electron chi connectivity index (χ4n) is 3.13. The van der Waals surface area contributed by atoms with Crippen LogP contribution < -0.4 is 5.56 Å². The van der Waals surface area contributed by atoms with Crippen molar-refractivity contribution in [3.05, 3.63) is 28.2 Å². The summed E-state index contributed by atoms with van der Waals surface area (Å²) in [4.78, 5) is 28.3. The molecule has 126 valence electrons. The first-order chi connectivity index (χ1) is 11.1. The van der Waals surface area contributed by atoms with Gasteiger partial charge in [0.25, 0.3) is 5.56 Å². The summed E-state index contributed by atoms with van der Waals surface area (Å²) in [7, 11) is 0. The lowest BCUT2D eigenvalue weighted by Crippen LogP contribution is -2.51. The first-order valence-electron chi connectivity index (χ1n) is 8.27. The van der Waals surface area contributed by atoms with Gasteiger partial charge in [0.15, 0.2) is 0 Å². The fourth-order valence-corrected chi connectivity index (χ4v) is 3.13. The molecule has 0 aromatic carbocycles. The highest BCUT2D eigenvalue weighted by Crippen LogP contribution is 2.16. The van der Waals surface area contributed by atoms with E-state index in [1.165, 1.54) is 4.68 Å². The molecule has 1 unspecified atom stereocenters. The predicted molar refractivity (Wildman–Crippen MR) is 85.2 cm³/mol. The molecule has 7 heteroatoms. The highest BCUT2D eigenvalue weighted by atomic mass is 16.5. The monoisotopic (exact) mass is 320 g/mol. The second-order valence-electron chi connectivity index (χ2n) is 6.26. The summed E-state index contributed by atoms with van der Waals surface area (Å²) < 4.78 is 6.82. The SMILES string of the molecule is Cc1ccc(=O)n(CCN2CCN(C(=O)C3CCOC3)CC2)n1. The molecule has 23 heavy (non-hydrogen) atoms. The van der Waals surface area contributed by atoms with E-state index in [1.54, 1.807) is 12.1 Å². The number of carbonyl (C=O) groups excluding carboxylic acids is 1. The third-order valence-electron chi connectivity index (χ3n) is 4.59. The fraction of sp³-hybridized carbons (Fsp3) is 0.688. The zero-order valence-corrected chi connectivity index (χ0v) is 13.6. The molecular weight excluding hydrogens is 296 g/mol. The number of piperazine rings is 1. The summed E-state index contributed by atoms with van der Waals surface area (Å²) in [5.74, 6) is 0.287. The van der Waals surface area contributed by atoms with Gasteiger partial charge >= 0.3 is 0 Å². The normalized spacial score (nSPS) is 22.5. The summed E-state index contributed by atoms with van der Waals surface area (Å²) in [6, 6.07) is 3.29. The summed E-state index contributed by atoms with van der Waals surface area (Å²) >= 11 is 0. The van der Waals surface area contributed by atoms with E-state index in [-0.39, 0.29) is 17.4 Å². The van der Waals surface area contributed by atoms with Crippen LogP contribution in [0.3, 0.4) is 0 Å². The van der Waals surface area contributed by atoms with Crippen molar-refractivity contribution in [3.63, 3.8) is 0 Å². The topological polar surface area (TPSA) is 67.7 Å². The lowest BCUT2D eigenvalue weighted by Gasteiger charge is -2.35. The lowest BCUT2D eigenvalue weighted by atomic mass is 10.1. The highest BCUT2D eigenvalue weighted by molar-refractivity contribution is 5.79. The number of carbonyl (C=O) groups is 1. The second kappa shape index (κ2) is 7.23. The van der Waals surface area contributed by atoms with Crippen molar-refractivity contribution < 1.29 is 9.53 Å². The summed E-state index contributed by atoms with van der Waals surface area (Å²) in [6.07, 6.45) is 0.848. The van der Waals surface area contributed by atoms with Crippen molar-refractivity contribution >= 4 is 5.91 Å². The van der Waals surface area contributed by atoms with Crippen LogP contribution in [0.5, 0.6) is 0 Å². The molecule has 1 amide bonds. The number of ether oxygens (including phenoxy) is 1. The second-order valence-corrected chi connectivity index (χ2v) is 6.26. The Hall–Kier alpha value is -1.73. The molecule has 0 bridgehead atoms. The maximum Gasteiger partial charge on any atom is 0.266 e. The van der Waals surface area contributed by atoms with Gasteiger partial charge in [-0.05, 0) is 19.4 Å². The van der Waals surface area contributed by atoms with Gasteiger partial charge in [-0.2, -0.15) is 5.10 Å². The maximum absolute atomic E-state index is 12.3. The van der Waals surface area contributed by atoms with Crippen LogP contribution in [-0.2, 0) is 16.1 Å². The largest absolute Gasteiger partial charge is 0.381 e. The van der Waals surface area contributed by atoms with Gasteiger partial charge in [0.2, 0.25) is 5.91 Å². The van der Waals surface area contributed by atoms with Crippen LogP contribution in [-0.4, -0.2) is 71.4 Å².